The summed E-state index contributed by atoms with van der Waals surface area (Å²) < 4.78 is 0. The van der Waals surface area contributed by atoms with Gasteiger partial charge in [-0.2, -0.15) is 0 Å². The minimum atomic E-state index is 0.281. The Balaban J connectivity index is 1.77. The third-order valence-electron chi connectivity index (χ3n) is 3.74. The number of halogens is 3. The van der Waals surface area contributed by atoms with Crippen LogP contribution in [0.4, 0.5) is 5.82 Å². The third-order valence-corrected chi connectivity index (χ3v) is 4.70. The van der Waals surface area contributed by atoms with Crippen molar-refractivity contribution < 1.29 is 0 Å². The van der Waals surface area contributed by atoms with Gasteiger partial charge in [-0.05, 0) is 38.8 Å². The van der Waals surface area contributed by atoms with Gasteiger partial charge in [-0.15, -0.1) is 0 Å². The molecule has 1 fully saturated rings. The van der Waals surface area contributed by atoms with Gasteiger partial charge in [-0.25, -0.2) is 4.98 Å². The number of pyridine rings is 1. The van der Waals surface area contributed by atoms with Crippen LogP contribution in [0.15, 0.2) is 6.07 Å². The summed E-state index contributed by atoms with van der Waals surface area (Å²) in [6.07, 6.45) is 5.05. The van der Waals surface area contributed by atoms with Crippen LogP contribution in [0, 0.1) is 0 Å². The zero-order valence-electron chi connectivity index (χ0n) is 11.6. The maximum absolute atomic E-state index is 6.07. The summed E-state index contributed by atoms with van der Waals surface area (Å²) in [6, 6.07) is 2.32. The van der Waals surface area contributed by atoms with E-state index in [-0.39, 0.29) is 5.15 Å². The molecule has 1 N–H and O–H groups in total. The predicted octanol–water partition coefficient (Wildman–Crippen LogP) is 4.72. The van der Waals surface area contributed by atoms with E-state index < -0.39 is 0 Å². The second kappa shape index (κ2) is 7.69. The number of piperidine rings is 1. The SMILES string of the molecule is CC1CCCCN1CCCNc1nc(Cl)c(Cl)cc1Cl. The van der Waals surface area contributed by atoms with Crippen molar-refractivity contribution in [2.75, 3.05) is 25.0 Å². The van der Waals surface area contributed by atoms with Crippen LogP contribution in [0.25, 0.3) is 0 Å². The van der Waals surface area contributed by atoms with Crippen molar-refractivity contribution in [2.24, 2.45) is 0 Å². The fraction of sp³-hybridized carbons (Fsp3) is 0.643. The molecule has 0 aromatic carbocycles. The van der Waals surface area contributed by atoms with Crippen LogP contribution in [-0.4, -0.2) is 35.6 Å². The average molecular weight is 337 g/mol. The molecule has 0 radical (unpaired) electrons. The fourth-order valence-electron chi connectivity index (χ4n) is 2.55. The number of rotatable bonds is 5. The maximum atomic E-state index is 6.07. The first-order chi connectivity index (χ1) is 9.58. The van der Waals surface area contributed by atoms with Crippen LogP contribution < -0.4 is 5.32 Å². The number of hydrogen-bond donors (Lipinski definition) is 1. The smallest absolute Gasteiger partial charge is 0.150 e. The van der Waals surface area contributed by atoms with E-state index in [2.05, 4.69) is 22.1 Å². The number of hydrogen-bond acceptors (Lipinski definition) is 3. The van der Waals surface area contributed by atoms with E-state index in [0.29, 0.717) is 21.9 Å². The summed E-state index contributed by atoms with van der Waals surface area (Å²) in [5, 5.41) is 4.39. The van der Waals surface area contributed by atoms with Gasteiger partial charge in [0.1, 0.15) is 11.0 Å². The van der Waals surface area contributed by atoms with Gasteiger partial charge in [-0.3, -0.25) is 0 Å². The first-order valence-electron chi connectivity index (χ1n) is 7.07. The van der Waals surface area contributed by atoms with Gasteiger partial charge in [0.15, 0.2) is 0 Å². The van der Waals surface area contributed by atoms with Gasteiger partial charge in [-0.1, -0.05) is 41.2 Å². The average Bonchev–Trinajstić information content (AvgIpc) is 2.42. The molecule has 0 amide bonds. The highest BCUT2D eigenvalue weighted by molar-refractivity contribution is 6.42. The largest absolute Gasteiger partial charge is 0.369 e. The summed E-state index contributed by atoms with van der Waals surface area (Å²) in [5.41, 5.74) is 0. The topological polar surface area (TPSA) is 28.2 Å². The van der Waals surface area contributed by atoms with Crippen molar-refractivity contribution in [3.8, 4) is 0 Å². The second-order valence-electron chi connectivity index (χ2n) is 5.25. The van der Waals surface area contributed by atoms with Gasteiger partial charge < -0.3 is 10.2 Å². The summed E-state index contributed by atoms with van der Waals surface area (Å²) in [4.78, 5) is 6.70. The highest BCUT2D eigenvalue weighted by atomic mass is 35.5. The highest BCUT2D eigenvalue weighted by Gasteiger charge is 2.17. The lowest BCUT2D eigenvalue weighted by molar-refractivity contribution is 0.160. The van der Waals surface area contributed by atoms with Crippen molar-refractivity contribution in [3.05, 3.63) is 21.3 Å². The zero-order valence-corrected chi connectivity index (χ0v) is 13.9. The molecule has 3 nitrogen and oxygen atoms in total. The van der Waals surface area contributed by atoms with E-state index in [0.717, 1.165) is 19.5 Å². The van der Waals surface area contributed by atoms with Crippen molar-refractivity contribution in [3.63, 3.8) is 0 Å². The lowest BCUT2D eigenvalue weighted by Gasteiger charge is -2.33. The number of likely N-dealkylation sites (tertiary alicyclic amines) is 1. The molecule has 20 heavy (non-hydrogen) atoms. The molecule has 1 aliphatic rings. The lowest BCUT2D eigenvalue weighted by atomic mass is 10.0. The summed E-state index contributed by atoms with van der Waals surface area (Å²) in [6.45, 7) is 5.46. The minimum absolute atomic E-state index is 0.281. The first kappa shape index (κ1) is 16.2. The van der Waals surface area contributed by atoms with Crippen LogP contribution in [0.1, 0.15) is 32.6 Å². The molecule has 0 bridgehead atoms. The van der Waals surface area contributed by atoms with Crippen LogP contribution in [0.2, 0.25) is 15.2 Å². The van der Waals surface area contributed by atoms with E-state index in [1.54, 1.807) is 6.07 Å². The fourth-order valence-corrected chi connectivity index (χ4v) is 3.11. The minimum Gasteiger partial charge on any atom is -0.369 e. The van der Waals surface area contributed by atoms with E-state index in [1.165, 1.54) is 25.8 Å². The summed E-state index contributed by atoms with van der Waals surface area (Å²) in [5.74, 6) is 0.604. The van der Waals surface area contributed by atoms with Crippen LogP contribution in [-0.2, 0) is 0 Å². The van der Waals surface area contributed by atoms with Gasteiger partial charge >= 0.3 is 0 Å². The molecule has 1 aromatic heterocycles. The standard InChI is InChI=1S/C14H20Cl3N3/c1-10-5-2-3-7-20(10)8-4-6-18-14-12(16)9-11(15)13(17)19-14/h9-10H,2-8H2,1H3,(H,18,19). The number of nitrogens with zero attached hydrogens (tertiary/aromatic N) is 2. The van der Waals surface area contributed by atoms with Crippen LogP contribution in [0.5, 0.6) is 0 Å². The molecule has 2 rings (SSSR count). The molecule has 1 aromatic rings. The molecule has 6 heteroatoms. The van der Waals surface area contributed by atoms with E-state index >= 15 is 0 Å². The van der Waals surface area contributed by atoms with Gasteiger partial charge in [0.2, 0.25) is 0 Å². The van der Waals surface area contributed by atoms with Crippen molar-refractivity contribution in [1.29, 1.82) is 0 Å². The quantitative estimate of drug-likeness (QED) is 0.623. The van der Waals surface area contributed by atoms with Crippen LogP contribution in [0.3, 0.4) is 0 Å². The number of anilines is 1. The molecule has 112 valence electrons. The molecular formula is C14H20Cl3N3. The Hall–Kier alpha value is -0.220. The molecule has 2 heterocycles. The van der Waals surface area contributed by atoms with Gasteiger partial charge in [0.25, 0.3) is 0 Å². The Morgan fingerprint density at radius 2 is 2.10 bits per heavy atom. The summed E-state index contributed by atoms with van der Waals surface area (Å²) >= 11 is 17.8. The Morgan fingerprint density at radius 3 is 2.85 bits per heavy atom. The number of nitrogens with one attached hydrogen (secondary N) is 1. The zero-order chi connectivity index (χ0) is 14.5. The summed E-state index contributed by atoms with van der Waals surface area (Å²) in [7, 11) is 0. The monoisotopic (exact) mass is 335 g/mol. The molecule has 1 unspecified atom stereocenters. The molecule has 0 saturated carbocycles. The predicted molar refractivity (Wildman–Crippen MR) is 87.3 cm³/mol. The Bertz CT molecular complexity index is 454. The van der Waals surface area contributed by atoms with Crippen molar-refractivity contribution in [2.45, 2.75) is 38.6 Å². The molecule has 0 aliphatic carbocycles. The van der Waals surface area contributed by atoms with E-state index in [9.17, 15) is 0 Å². The highest BCUT2D eigenvalue weighted by Crippen LogP contribution is 2.28. The second-order valence-corrected chi connectivity index (χ2v) is 6.42. The molecular weight excluding hydrogens is 317 g/mol. The maximum Gasteiger partial charge on any atom is 0.150 e. The lowest BCUT2D eigenvalue weighted by Crippen LogP contribution is -2.38. The Morgan fingerprint density at radius 1 is 1.30 bits per heavy atom. The van der Waals surface area contributed by atoms with Crippen molar-refractivity contribution >= 4 is 40.6 Å². The van der Waals surface area contributed by atoms with Crippen molar-refractivity contribution in [1.82, 2.24) is 9.88 Å². The van der Waals surface area contributed by atoms with E-state index in [4.69, 9.17) is 34.8 Å². The van der Waals surface area contributed by atoms with Gasteiger partial charge in [0.05, 0.1) is 10.0 Å². The molecule has 1 saturated heterocycles. The number of aromatic nitrogens is 1. The third kappa shape index (κ3) is 4.39. The van der Waals surface area contributed by atoms with Gasteiger partial charge in [0, 0.05) is 19.1 Å². The van der Waals surface area contributed by atoms with E-state index in [1.807, 2.05) is 0 Å². The molecule has 0 spiro atoms. The van der Waals surface area contributed by atoms with Crippen LogP contribution >= 0.6 is 34.8 Å². The molecule has 1 aliphatic heterocycles. The Kier molecular flexibility index (Phi) is 6.21. The normalized spacial score (nSPS) is 20.1. The Labute approximate surface area is 135 Å². The molecule has 1 atom stereocenters. The first-order valence-corrected chi connectivity index (χ1v) is 8.21.